The zero-order valence-corrected chi connectivity index (χ0v) is 24.7. The molecule has 3 aliphatic rings. The molecular formula is C31H45NO5S. The number of hydrogen-bond acceptors (Lipinski definition) is 6. The summed E-state index contributed by atoms with van der Waals surface area (Å²) >= 11 is 1.33. The van der Waals surface area contributed by atoms with Crippen molar-refractivity contribution < 1.29 is 23.8 Å². The minimum atomic E-state index is -0.402. The fraction of sp³-hybridized carbons (Fsp3) is 0.742. The smallest absolute Gasteiger partial charge is 0.350 e. The molecule has 4 rings (SSSR count). The molecule has 3 fully saturated rings. The zero-order chi connectivity index (χ0) is 27.3. The molecule has 1 amide bonds. The predicted molar refractivity (Wildman–Crippen MR) is 152 cm³/mol. The Morgan fingerprint density at radius 3 is 2.21 bits per heavy atom. The Hall–Kier alpha value is -1.88. The van der Waals surface area contributed by atoms with Gasteiger partial charge in [0.1, 0.15) is 4.88 Å². The maximum Gasteiger partial charge on any atom is 0.350 e. The van der Waals surface area contributed by atoms with Crippen LogP contribution in [-0.4, -0.2) is 50.4 Å². The van der Waals surface area contributed by atoms with Crippen LogP contribution in [0.15, 0.2) is 6.07 Å². The summed E-state index contributed by atoms with van der Waals surface area (Å²) in [6, 6.07) is 1.99. The molecule has 1 aromatic heterocycles. The number of anilines is 1. The van der Waals surface area contributed by atoms with Gasteiger partial charge in [-0.05, 0) is 97.0 Å². The predicted octanol–water partition coefficient (Wildman–Crippen LogP) is 6.60. The van der Waals surface area contributed by atoms with Crippen LogP contribution < -0.4 is 4.90 Å². The van der Waals surface area contributed by atoms with Crippen molar-refractivity contribution in [3.05, 3.63) is 15.8 Å². The number of carbonyl (C=O) groups is 2. The Morgan fingerprint density at radius 1 is 0.974 bits per heavy atom. The Kier molecular flexibility index (Phi) is 9.95. The molecule has 7 heteroatoms. The first-order valence-corrected chi connectivity index (χ1v) is 15.3. The number of nitrogens with zero attached hydrogens (tertiary/aromatic N) is 1. The molecule has 0 atom stereocenters. The molecule has 0 unspecified atom stereocenters. The lowest BCUT2D eigenvalue weighted by molar-refractivity contribution is -0.124. The highest BCUT2D eigenvalue weighted by Crippen LogP contribution is 2.39. The van der Waals surface area contributed by atoms with E-state index in [0.717, 1.165) is 82.3 Å². The van der Waals surface area contributed by atoms with Crippen molar-refractivity contribution in [2.75, 3.05) is 25.2 Å². The molecule has 2 aliphatic carbocycles. The summed E-state index contributed by atoms with van der Waals surface area (Å²) in [6.45, 7) is 10.0. The summed E-state index contributed by atoms with van der Waals surface area (Å²) in [7, 11) is 1.40. The van der Waals surface area contributed by atoms with Crippen molar-refractivity contribution >= 4 is 28.9 Å². The van der Waals surface area contributed by atoms with E-state index in [1.165, 1.54) is 18.4 Å². The third-order valence-electron chi connectivity index (χ3n) is 8.07. The van der Waals surface area contributed by atoms with Crippen LogP contribution in [0.3, 0.4) is 0 Å². The average molecular weight is 544 g/mol. The lowest BCUT2D eigenvalue weighted by Crippen LogP contribution is -2.47. The molecular weight excluding hydrogens is 498 g/mol. The van der Waals surface area contributed by atoms with Gasteiger partial charge in [-0.2, -0.15) is 0 Å². The Balaban J connectivity index is 1.60. The van der Waals surface area contributed by atoms with E-state index >= 15 is 0 Å². The maximum atomic E-state index is 14.2. The second-order valence-electron chi connectivity index (χ2n) is 12.4. The molecule has 2 heterocycles. The summed E-state index contributed by atoms with van der Waals surface area (Å²) in [6.07, 6.45) is 9.95. The van der Waals surface area contributed by atoms with E-state index in [1.807, 2.05) is 11.0 Å². The summed E-state index contributed by atoms with van der Waals surface area (Å²) in [5.74, 6) is 6.94. The van der Waals surface area contributed by atoms with Crippen molar-refractivity contribution in [1.29, 1.82) is 0 Å². The molecule has 0 N–H and O–H groups in total. The molecule has 38 heavy (non-hydrogen) atoms. The van der Waals surface area contributed by atoms with Gasteiger partial charge in [-0.1, -0.05) is 18.8 Å². The van der Waals surface area contributed by atoms with E-state index < -0.39 is 5.97 Å². The number of ether oxygens (including phenoxy) is 3. The molecule has 1 aliphatic heterocycles. The number of thiophene rings is 1. The third-order valence-corrected chi connectivity index (χ3v) is 9.09. The van der Waals surface area contributed by atoms with E-state index in [2.05, 4.69) is 39.5 Å². The fourth-order valence-corrected chi connectivity index (χ4v) is 6.75. The van der Waals surface area contributed by atoms with E-state index in [4.69, 9.17) is 14.2 Å². The molecule has 1 aromatic rings. The monoisotopic (exact) mass is 543 g/mol. The topological polar surface area (TPSA) is 65.1 Å². The van der Waals surface area contributed by atoms with Crippen LogP contribution in [0.25, 0.3) is 0 Å². The van der Waals surface area contributed by atoms with E-state index in [9.17, 15) is 9.59 Å². The third kappa shape index (κ3) is 7.61. The van der Waals surface area contributed by atoms with Crippen molar-refractivity contribution in [2.45, 2.75) is 110 Å². The SMILES string of the molecule is COC(=O)c1sc(C#CC(C)(C)C)cc1N(C(=O)C1CCC(C)CC1)C1CCC(OC2CCOCC2)CC1. The standard InChI is InChI=1S/C31H45NO5S/c1-21-6-8-22(9-7-21)29(33)32(23-10-12-24(13-11-23)37-25-15-18-36-19-16-25)27-20-26(14-17-31(2,3)4)38-28(27)30(34)35-5/h20-25H,6-13,15-16,18-19H2,1-5H3. The van der Waals surface area contributed by atoms with Gasteiger partial charge in [0.25, 0.3) is 0 Å². The van der Waals surface area contributed by atoms with E-state index in [1.54, 1.807) is 0 Å². The zero-order valence-electron chi connectivity index (χ0n) is 23.8. The molecule has 0 aromatic carbocycles. The van der Waals surface area contributed by atoms with Crippen molar-refractivity contribution in [3.63, 3.8) is 0 Å². The van der Waals surface area contributed by atoms with Crippen LogP contribution in [0, 0.1) is 29.1 Å². The first-order chi connectivity index (χ1) is 18.1. The molecule has 2 saturated carbocycles. The number of rotatable bonds is 6. The summed E-state index contributed by atoms with van der Waals surface area (Å²) in [5, 5.41) is 0. The van der Waals surface area contributed by atoms with Crippen LogP contribution >= 0.6 is 11.3 Å². The number of methoxy groups -OCH3 is 1. The van der Waals surface area contributed by atoms with Gasteiger partial charge in [0.05, 0.1) is 29.9 Å². The van der Waals surface area contributed by atoms with E-state index in [-0.39, 0.29) is 35.5 Å². The van der Waals surface area contributed by atoms with Gasteiger partial charge in [0.2, 0.25) is 5.91 Å². The van der Waals surface area contributed by atoms with Gasteiger partial charge in [0.15, 0.2) is 0 Å². The molecule has 6 nitrogen and oxygen atoms in total. The highest BCUT2D eigenvalue weighted by molar-refractivity contribution is 7.15. The molecule has 210 valence electrons. The number of carbonyl (C=O) groups excluding carboxylic acids is 2. The second-order valence-corrected chi connectivity index (χ2v) is 13.4. The normalized spacial score (nSPS) is 26.8. The summed E-state index contributed by atoms with van der Waals surface area (Å²) in [4.78, 5) is 30.4. The van der Waals surface area contributed by atoms with E-state index in [0.29, 0.717) is 16.5 Å². The number of esters is 1. The van der Waals surface area contributed by atoms with Gasteiger partial charge in [-0.3, -0.25) is 4.79 Å². The van der Waals surface area contributed by atoms with Crippen LogP contribution in [-0.2, 0) is 19.0 Å². The van der Waals surface area contributed by atoms with Crippen LogP contribution in [0.2, 0.25) is 0 Å². The molecule has 0 spiro atoms. The van der Waals surface area contributed by atoms with Gasteiger partial charge in [-0.25, -0.2) is 4.79 Å². The van der Waals surface area contributed by atoms with Crippen molar-refractivity contribution in [1.82, 2.24) is 0 Å². The van der Waals surface area contributed by atoms with Crippen molar-refractivity contribution in [2.24, 2.45) is 17.3 Å². The van der Waals surface area contributed by atoms with Gasteiger partial charge in [0, 0.05) is 30.6 Å². The summed E-state index contributed by atoms with van der Waals surface area (Å²) in [5.41, 5.74) is 0.518. The number of amides is 1. The van der Waals surface area contributed by atoms with Gasteiger partial charge in [-0.15, -0.1) is 11.3 Å². The largest absolute Gasteiger partial charge is 0.465 e. The van der Waals surface area contributed by atoms with Crippen molar-refractivity contribution in [3.8, 4) is 11.8 Å². The minimum absolute atomic E-state index is 0.00285. The molecule has 0 bridgehead atoms. The van der Waals surface area contributed by atoms with Crippen LogP contribution in [0.5, 0.6) is 0 Å². The fourth-order valence-electron chi connectivity index (χ4n) is 5.83. The molecule has 0 radical (unpaired) electrons. The average Bonchev–Trinajstić information content (AvgIpc) is 3.32. The summed E-state index contributed by atoms with van der Waals surface area (Å²) < 4.78 is 17.1. The lowest BCUT2D eigenvalue weighted by atomic mass is 9.81. The van der Waals surface area contributed by atoms with Gasteiger partial charge < -0.3 is 19.1 Å². The van der Waals surface area contributed by atoms with Crippen LogP contribution in [0.1, 0.15) is 106 Å². The second kappa shape index (κ2) is 13.0. The minimum Gasteiger partial charge on any atom is -0.465 e. The maximum absolute atomic E-state index is 14.2. The Bertz CT molecular complexity index is 1010. The molecule has 1 saturated heterocycles. The number of hydrogen-bond donors (Lipinski definition) is 0. The quantitative estimate of drug-likeness (QED) is 0.299. The Morgan fingerprint density at radius 2 is 1.61 bits per heavy atom. The first kappa shape index (κ1) is 29.1. The highest BCUT2D eigenvalue weighted by Gasteiger charge is 2.38. The highest BCUT2D eigenvalue weighted by atomic mass is 32.1. The first-order valence-electron chi connectivity index (χ1n) is 14.5. The van der Waals surface area contributed by atoms with Crippen LogP contribution in [0.4, 0.5) is 5.69 Å². The lowest BCUT2D eigenvalue weighted by Gasteiger charge is -2.40. The van der Waals surface area contributed by atoms with Gasteiger partial charge >= 0.3 is 5.97 Å². The Labute approximate surface area is 232 Å².